The van der Waals surface area contributed by atoms with Crippen molar-refractivity contribution in [3.05, 3.63) is 50.1 Å². The van der Waals surface area contributed by atoms with Crippen LogP contribution in [0.3, 0.4) is 0 Å². The number of aromatic nitrogens is 1. The summed E-state index contributed by atoms with van der Waals surface area (Å²) in [6.45, 7) is 0. The molecule has 7 heteroatoms. The monoisotopic (exact) mass is 404 g/mol. The van der Waals surface area contributed by atoms with Crippen LogP contribution in [0, 0.1) is 0 Å². The van der Waals surface area contributed by atoms with Crippen molar-refractivity contribution in [3.8, 4) is 5.75 Å². The fourth-order valence-corrected chi connectivity index (χ4v) is 2.19. The van der Waals surface area contributed by atoms with E-state index in [-0.39, 0.29) is 11.3 Å². The van der Waals surface area contributed by atoms with E-state index >= 15 is 0 Å². The molecule has 1 amide bonds. The third-order valence-electron chi connectivity index (χ3n) is 2.26. The molecule has 1 heterocycles. The van der Waals surface area contributed by atoms with Gasteiger partial charge in [0.2, 0.25) is 0 Å². The lowest BCUT2D eigenvalue weighted by atomic mass is 10.2. The quantitative estimate of drug-likeness (QED) is 0.734. The predicted octanol–water partition coefficient (Wildman–Crippen LogP) is 4.22. The standard InChI is InChI=1S/C12H7Br2ClN2O2/c13-6-1-2-10(18)8(3-6)12(19)17-7-4-9(14)11(15)16-5-7/h1-5,18H,(H,17,19). The summed E-state index contributed by atoms with van der Waals surface area (Å²) in [5.41, 5.74) is 0.640. The van der Waals surface area contributed by atoms with Gasteiger partial charge >= 0.3 is 0 Å². The summed E-state index contributed by atoms with van der Waals surface area (Å²) in [5.74, 6) is -0.531. The first-order chi connectivity index (χ1) is 8.97. The van der Waals surface area contributed by atoms with Crippen LogP contribution in [0.15, 0.2) is 39.4 Å². The fourth-order valence-electron chi connectivity index (χ4n) is 1.38. The van der Waals surface area contributed by atoms with E-state index < -0.39 is 5.91 Å². The number of amides is 1. The van der Waals surface area contributed by atoms with Crippen LogP contribution in [0.4, 0.5) is 5.69 Å². The maximum atomic E-state index is 12.0. The van der Waals surface area contributed by atoms with Crippen LogP contribution in [0.25, 0.3) is 0 Å². The Morgan fingerprint density at radius 2 is 2.05 bits per heavy atom. The van der Waals surface area contributed by atoms with Gasteiger partial charge < -0.3 is 10.4 Å². The number of rotatable bonds is 2. The van der Waals surface area contributed by atoms with Gasteiger partial charge in [0, 0.05) is 4.47 Å². The van der Waals surface area contributed by atoms with Gasteiger partial charge in [-0.3, -0.25) is 4.79 Å². The van der Waals surface area contributed by atoms with Crippen molar-refractivity contribution in [2.24, 2.45) is 0 Å². The van der Waals surface area contributed by atoms with Crippen LogP contribution in [-0.4, -0.2) is 16.0 Å². The predicted molar refractivity (Wildman–Crippen MR) is 80.7 cm³/mol. The van der Waals surface area contributed by atoms with E-state index in [1.165, 1.54) is 18.3 Å². The smallest absolute Gasteiger partial charge is 0.259 e. The highest BCUT2D eigenvalue weighted by Gasteiger charge is 2.12. The molecule has 0 unspecified atom stereocenters. The second-order valence-corrected chi connectivity index (χ2v) is 5.74. The number of anilines is 1. The maximum Gasteiger partial charge on any atom is 0.259 e. The van der Waals surface area contributed by atoms with Gasteiger partial charge in [0.25, 0.3) is 5.91 Å². The van der Waals surface area contributed by atoms with Crippen molar-refractivity contribution >= 4 is 55.1 Å². The molecule has 0 spiro atoms. The summed E-state index contributed by atoms with van der Waals surface area (Å²) in [7, 11) is 0. The second kappa shape index (κ2) is 5.90. The van der Waals surface area contributed by atoms with E-state index in [1.54, 1.807) is 12.1 Å². The Bertz CT molecular complexity index is 650. The van der Waals surface area contributed by atoms with E-state index in [0.717, 1.165) is 0 Å². The lowest BCUT2D eigenvalue weighted by Crippen LogP contribution is -2.12. The number of pyridine rings is 1. The number of benzene rings is 1. The fraction of sp³-hybridized carbons (Fsp3) is 0. The summed E-state index contributed by atoms with van der Waals surface area (Å²) in [6.07, 6.45) is 1.43. The molecule has 2 aromatic rings. The highest BCUT2D eigenvalue weighted by atomic mass is 79.9. The topological polar surface area (TPSA) is 62.2 Å². The largest absolute Gasteiger partial charge is 0.507 e. The minimum absolute atomic E-state index is 0.0957. The molecule has 0 atom stereocenters. The molecule has 0 bridgehead atoms. The first-order valence-corrected chi connectivity index (χ1v) is 7.04. The molecule has 1 aromatic heterocycles. The Morgan fingerprint density at radius 1 is 1.32 bits per heavy atom. The zero-order chi connectivity index (χ0) is 14.0. The molecule has 0 aliphatic carbocycles. The Labute approximate surface area is 131 Å². The van der Waals surface area contributed by atoms with E-state index in [9.17, 15) is 9.90 Å². The van der Waals surface area contributed by atoms with Crippen LogP contribution < -0.4 is 5.32 Å². The van der Waals surface area contributed by atoms with Gasteiger partial charge in [-0.15, -0.1) is 0 Å². The number of nitrogens with zero attached hydrogens (tertiary/aromatic N) is 1. The van der Waals surface area contributed by atoms with Crippen LogP contribution in [0.2, 0.25) is 5.15 Å². The minimum Gasteiger partial charge on any atom is -0.507 e. The molecule has 0 radical (unpaired) electrons. The molecular formula is C12H7Br2ClN2O2. The molecule has 4 nitrogen and oxygen atoms in total. The highest BCUT2D eigenvalue weighted by molar-refractivity contribution is 9.10. The molecule has 0 aliphatic heterocycles. The Morgan fingerprint density at radius 3 is 2.74 bits per heavy atom. The summed E-state index contributed by atoms with van der Waals surface area (Å²) in [4.78, 5) is 15.9. The first-order valence-electron chi connectivity index (χ1n) is 5.08. The van der Waals surface area contributed by atoms with E-state index in [4.69, 9.17) is 11.6 Å². The number of hydrogen-bond donors (Lipinski definition) is 2. The van der Waals surface area contributed by atoms with Gasteiger partial charge in [0.1, 0.15) is 10.9 Å². The van der Waals surface area contributed by atoms with Gasteiger partial charge in [0.05, 0.1) is 21.9 Å². The molecule has 0 aliphatic rings. The number of phenolic OH excluding ortho intramolecular Hbond substituents is 1. The van der Waals surface area contributed by atoms with Gasteiger partial charge in [-0.2, -0.15) is 0 Å². The lowest BCUT2D eigenvalue weighted by molar-refractivity contribution is 0.102. The van der Waals surface area contributed by atoms with Gasteiger partial charge in [0.15, 0.2) is 0 Å². The summed E-state index contributed by atoms with van der Waals surface area (Å²) in [6, 6.07) is 6.24. The van der Waals surface area contributed by atoms with Gasteiger partial charge in [-0.25, -0.2) is 4.98 Å². The molecule has 0 saturated heterocycles. The van der Waals surface area contributed by atoms with Crippen molar-refractivity contribution in [2.45, 2.75) is 0 Å². The number of phenols is 1. The zero-order valence-electron chi connectivity index (χ0n) is 9.32. The molecule has 2 N–H and O–H groups in total. The molecule has 98 valence electrons. The van der Waals surface area contributed by atoms with E-state index in [0.29, 0.717) is 19.8 Å². The number of halogens is 3. The number of nitrogens with one attached hydrogen (secondary N) is 1. The Kier molecular flexibility index (Phi) is 4.44. The van der Waals surface area contributed by atoms with Crippen molar-refractivity contribution in [1.29, 1.82) is 0 Å². The van der Waals surface area contributed by atoms with E-state index in [2.05, 4.69) is 42.2 Å². The Balaban J connectivity index is 2.25. The molecule has 1 aromatic carbocycles. The number of hydrogen-bond acceptors (Lipinski definition) is 3. The van der Waals surface area contributed by atoms with Crippen molar-refractivity contribution < 1.29 is 9.90 Å². The number of aromatic hydroxyl groups is 1. The second-order valence-electron chi connectivity index (χ2n) is 3.61. The average molecular weight is 406 g/mol. The highest BCUT2D eigenvalue weighted by Crippen LogP contribution is 2.25. The molecular weight excluding hydrogens is 399 g/mol. The summed E-state index contributed by atoms with van der Waals surface area (Å²) < 4.78 is 1.27. The summed E-state index contributed by atoms with van der Waals surface area (Å²) >= 11 is 12.2. The normalized spacial score (nSPS) is 10.3. The average Bonchev–Trinajstić information content (AvgIpc) is 2.36. The molecule has 0 saturated carbocycles. The number of carbonyl (C=O) groups is 1. The number of carbonyl (C=O) groups excluding carboxylic acids is 1. The SMILES string of the molecule is O=C(Nc1cnc(Cl)c(Br)c1)c1cc(Br)ccc1O. The van der Waals surface area contributed by atoms with Gasteiger partial charge in [-0.05, 0) is 40.2 Å². The third-order valence-corrected chi connectivity index (χ3v) is 3.88. The third kappa shape index (κ3) is 3.46. The lowest BCUT2D eigenvalue weighted by Gasteiger charge is -2.07. The Hall–Kier alpha value is -1.11. The summed E-state index contributed by atoms with van der Waals surface area (Å²) in [5, 5.41) is 12.6. The molecule has 19 heavy (non-hydrogen) atoms. The zero-order valence-corrected chi connectivity index (χ0v) is 13.3. The van der Waals surface area contributed by atoms with Crippen molar-refractivity contribution in [3.63, 3.8) is 0 Å². The van der Waals surface area contributed by atoms with Crippen LogP contribution >= 0.6 is 43.5 Å². The van der Waals surface area contributed by atoms with Gasteiger partial charge in [-0.1, -0.05) is 27.5 Å². The molecule has 2 rings (SSSR count). The maximum absolute atomic E-state index is 12.0. The van der Waals surface area contributed by atoms with Crippen LogP contribution in [0.5, 0.6) is 5.75 Å². The van der Waals surface area contributed by atoms with Crippen molar-refractivity contribution in [2.75, 3.05) is 5.32 Å². The van der Waals surface area contributed by atoms with E-state index in [1.807, 2.05) is 0 Å². The molecule has 0 fully saturated rings. The van der Waals surface area contributed by atoms with Crippen LogP contribution in [0.1, 0.15) is 10.4 Å². The first kappa shape index (κ1) is 14.3. The van der Waals surface area contributed by atoms with Crippen molar-refractivity contribution in [1.82, 2.24) is 4.98 Å². The van der Waals surface area contributed by atoms with Crippen LogP contribution in [-0.2, 0) is 0 Å². The minimum atomic E-state index is -0.435.